The van der Waals surface area contributed by atoms with Crippen LogP contribution in [0.2, 0.25) is 0 Å². The molecule has 0 saturated heterocycles. The van der Waals surface area contributed by atoms with Crippen molar-refractivity contribution in [2.24, 2.45) is 0 Å². The second kappa shape index (κ2) is 10.9. The Bertz CT molecular complexity index is 1350. The summed E-state index contributed by atoms with van der Waals surface area (Å²) in [4.78, 5) is 13.9. The molecule has 6 nitrogen and oxygen atoms in total. The topological polar surface area (TPSA) is 68.8 Å². The first-order valence-corrected chi connectivity index (χ1v) is 13.4. The molecule has 2 aliphatic rings. The third-order valence-corrected chi connectivity index (χ3v) is 7.42. The second-order valence-corrected chi connectivity index (χ2v) is 10.00. The lowest BCUT2D eigenvalue weighted by molar-refractivity contribution is -0.116. The molecule has 37 heavy (non-hydrogen) atoms. The van der Waals surface area contributed by atoms with Gasteiger partial charge in [0.2, 0.25) is 0 Å². The first-order chi connectivity index (χ1) is 18.0. The van der Waals surface area contributed by atoms with Crippen LogP contribution >= 0.6 is 15.9 Å². The minimum absolute atomic E-state index is 0.0609. The molecule has 192 valence electrons. The molecule has 0 spiro atoms. The Balaban J connectivity index is 1.61. The number of allylic oxidation sites excluding steroid dienone is 1. The number of rotatable bonds is 7. The minimum Gasteiger partial charge on any atom is -0.497 e. The normalized spacial score (nSPS) is 18.6. The van der Waals surface area contributed by atoms with Gasteiger partial charge in [0, 0.05) is 17.7 Å². The van der Waals surface area contributed by atoms with Crippen LogP contribution < -0.4 is 24.8 Å². The lowest BCUT2D eigenvalue weighted by Gasteiger charge is -2.30. The van der Waals surface area contributed by atoms with Crippen LogP contribution in [0.4, 0.5) is 11.4 Å². The largest absolute Gasteiger partial charge is 0.497 e. The Morgan fingerprint density at radius 1 is 0.919 bits per heavy atom. The number of carbonyl (C=O) groups excluding carboxylic acids is 1. The van der Waals surface area contributed by atoms with Gasteiger partial charge in [0.25, 0.3) is 0 Å². The smallest absolute Gasteiger partial charge is 0.175 e. The Labute approximate surface area is 226 Å². The number of anilines is 2. The summed E-state index contributed by atoms with van der Waals surface area (Å²) in [6, 6.07) is 19.7. The van der Waals surface area contributed by atoms with Gasteiger partial charge in [-0.2, -0.15) is 0 Å². The highest BCUT2D eigenvalue weighted by Gasteiger charge is 2.36. The van der Waals surface area contributed by atoms with Crippen molar-refractivity contribution in [3.8, 4) is 17.2 Å². The van der Waals surface area contributed by atoms with Gasteiger partial charge < -0.3 is 24.8 Å². The molecule has 5 rings (SSSR count). The van der Waals surface area contributed by atoms with Gasteiger partial charge >= 0.3 is 0 Å². The molecule has 1 aliphatic carbocycles. The molecule has 3 aromatic rings. The number of fused-ring (bicyclic) bond motifs is 1. The van der Waals surface area contributed by atoms with Crippen molar-refractivity contribution in [2.75, 3.05) is 31.0 Å². The molecule has 0 radical (unpaired) electrons. The first-order valence-electron chi connectivity index (χ1n) is 12.6. The third kappa shape index (κ3) is 5.05. The van der Waals surface area contributed by atoms with Crippen molar-refractivity contribution >= 4 is 33.1 Å². The van der Waals surface area contributed by atoms with E-state index in [9.17, 15) is 4.79 Å². The Morgan fingerprint density at radius 2 is 1.70 bits per heavy atom. The van der Waals surface area contributed by atoms with Crippen LogP contribution in [0.25, 0.3) is 0 Å². The van der Waals surface area contributed by atoms with Crippen LogP contribution in [0.5, 0.6) is 17.2 Å². The quantitative estimate of drug-likeness (QED) is 0.316. The highest BCUT2D eigenvalue weighted by atomic mass is 79.9. The number of hydrogen-bond acceptors (Lipinski definition) is 6. The standard InChI is InChI=1S/C30H31BrN2O4/c1-4-36-27-17-20(14-22(31)30(27)37-5-2)29-28-25(32-23-11-6-7-12-24(23)33-29)15-19(16-26(28)34)18-9-8-10-21(13-18)35-3/h6-14,17,19,29,32-33H,4-5,15-16H2,1-3H3. The zero-order valence-electron chi connectivity index (χ0n) is 21.3. The number of carbonyl (C=O) groups is 1. The van der Waals surface area contributed by atoms with E-state index < -0.39 is 0 Å². The maximum Gasteiger partial charge on any atom is 0.175 e. The van der Waals surface area contributed by atoms with Crippen molar-refractivity contribution in [3.05, 3.63) is 87.5 Å². The van der Waals surface area contributed by atoms with Crippen molar-refractivity contribution < 1.29 is 19.0 Å². The number of methoxy groups -OCH3 is 1. The molecule has 0 aromatic heterocycles. The Morgan fingerprint density at radius 3 is 2.46 bits per heavy atom. The zero-order valence-corrected chi connectivity index (χ0v) is 22.9. The zero-order chi connectivity index (χ0) is 25.9. The molecule has 3 aromatic carbocycles. The molecule has 2 unspecified atom stereocenters. The van der Waals surface area contributed by atoms with E-state index in [1.165, 1.54) is 0 Å². The molecule has 0 fully saturated rings. The predicted molar refractivity (Wildman–Crippen MR) is 150 cm³/mol. The summed E-state index contributed by atoms with van der Waals surface area (Å²) in [6.07, 6.45) is 1.15. The number of hydrogen-bond donors (Lipinski definition) is 2. The van der Waals surface area contributed by atoms with Crippen molar-refractivity contribution in [3.63, 3.8) is 0 Å². The van der Waals surface area contributed by atoms with Gasteiger partial charge in [-0.3, -0.25) is 4.79 Å². The van der Waals surface area contributed by atoms with Crippen molar-refractivity contribution in [1.82, 2.24) is 0 Å². The van der Waals surface area contributed by atoms with Gasteiger partial charge in [0.05, 0.1) is 42.2 Å². The Kier molecular flexibility index (Phi) is 7.42. The average molecular weight is 563 g/mol. The summed E-state index contributed by atoms with van der Waals surface area (Å²) in [5, 5.41) is 7.25. The SMILES string of the molecule is CCOc1cc(C2Nc3ccccc3NC3=C2C(=O)CC(c2cccc(OC)c2)C3)cc(Br)c1OCC. The third-order valence-electron chi connectivity index (χ3n) is 6.83. The number of Topliss-reactive ketones (excluding diaryl/α,β-unsaturated/α-hetero) is 1. The number of ether oxygens (including phenoxy) is 3. The Hall–Kier alpha value is -3.45. The molecule has 2 N–H and O–H groups in total. The summed E-state index contributed by atoms with van der Waals surface area (Å²) in [6.45, 7) is 4.93. The monoisotopic (exact) mass is 562 g/mol. The van der Waals surface area contributed by atoms with Gasteiger partial charge in [0.15, 0.2) is 17.3 Å². The fraction of sp³-hybridized carbons (Fsp3) is 0.300. The number of benzene rings is 3. The number of para-hydroxylation sites is 2. The van der Waals surface area contributed by atoms with E-state index >= 15 is 0 Å². The summed E-state index contributed by atoms with van der Waals surface area (Å²) >= 11 is 3.68. The van der Waals surface area contributed by atoms with Crippen LogP contribution in [0.1, 0.15) is 49.8 Å². The first kappa shape index (κ1) is 25.2. The maximum atomic E-state index is 13.9. The van der Waals surface area contributed by atoms with Crippen LogP contribution in [0.3, 0.4) is 0 Å². The van der Waals surface area contributed by atoms with Crippen molar-refractivity contribution in [1.29, 1.82) is 0 Å². The number of nitrogens with one attached hydrogen (secondary N) is 2. The lowest BCUT2D eigenvalue weighted by atomic mass is 9.78. The van der Waals surface area contributed by atoms with Crippen LogP contribution in [0.15, 0.2) is 76.4 Å². The molecule has 0 amide bonds. The maximum absolute atomic E-state index is 13.9. The van der Waals surface area contributed by atoms with E-state index in [0.29, 0.717) is 31.1 Å². The molecule has 7 heteroatoms. The van der Waals surface area contributed by atoms with E-state index in [2.05, 4.69) is 32.6 Å². The van der Waals surface area contributed by atoms with E-state index in [0.717, 1.165) is 50.4 Å². The van der Waals surface area contributed by atoms with Gasteiger partial charge in [-0.25, -0.2) is 0 Å². The average Bonchev–Trinajstić information content (AvgIpc) is 3.07. The van der Waals surface area contributed by atoms with Crippen molar-refractivity contribution in [2.45, 2.75) is 38.6 Å². The van der Waals surface area contributed by atoms with Gasteiger partial charge in [0.1, 0.15) is 5.75 Å². The molecule has 1 aliphatic heterocycles. The van der Waals surface area contributed by atoms with Gasteiger partial charge in [-0.15, -0.1) is 0 Å². The molecule has 0 saturated carbocycles. The van der Waals surface area contributed by atoms with Crippen LogP contribution in [-0.2, 0) is 4.79 Å². The molecule has 2 atom stereocenters. The fourth-order valence-electron chi connectivity index (χ4n) is 5.18. The van der Waals surface area contributed by atoms with Gasteiger partial charge in [-0.1, -0.05) is 24.3 Å². The highest BCUT2D eigenvalue weighted by molar-refractivity contribution is 9.10. The molecule has 0 bridgehead atoms. The van der Waals surface area contributed by atoms with Crippen LogP contribution in [0, 0.1) is 0 Å². The summed E-state index contributed by atoms with van der Waals surface area (Å²) in [5.41, 5.74) is 5.62. The highest BCUT2D eigenvalue weighted by Crippen LogP contribution is 2.47. The van der Waals surface area contributed by atoms with E-state index in [-0.39, 0.29) is 17.7 Å². The molecule has 1 heterocycles. The van der Waals surface area contributed by atoms with E-state index in [1.54, 1.807) is 7.11 Å². The summed E-state index contributed by atoms with van der Waals surface area (Å²) < 4.78 is 18.0. The van der Waals surface area contributed by atoms with Crippen LogP contribution in [-0.4, -0.2) is 26.1 Å². The van der Waals surface area contributed by atoms with Gasteiger partial charge in [-0.05, 0) is 89.6 Å². The lowest BCUT2D eigenvalue weighted by Crippen LogP contribution is -2.27. The minimum atomic E-state index is -0.351. The van der Waals surface area contributed by atoms with E-state index in [1.807, 2.05) is 68.4 Å². The second-order valence-electron chi connectivity index (χ2n) is 9.14. The predicted octanol–water partition coefficient (Wildman–Crippen LogP) is 7.23. The summed E-state index contributed by atoms with van der Waals surface area (Å²) in [7, 11) is 1.66. The molecular formula is C30H31BrN2O4. The fourth-order valence-corrected chi connectivity index (χ4v) is 5.75. The number of ketones is 1. The van der Waals surface area contributed by atoms with E-state index in [4.69, 9.17) is 14.2 Å². The number of halogens is 1. The molecular weight excluding hydrogens is 532 g/mol. The summed E-state index contributed by atoms with van der Waals surface area (Å²) in [5.74, 6) is 2.30.